The minimum absolute atomic E-state index is 0.237. The predicted octanol–water partition coefficient (Wildman–Crippen LogP) is 1.66. The molecule has 0 heterocycles. The van der Waals surface area contributed by atoms with Gasteiger partial charge >= 0.3 is 5.97 Å². The van der Waals surface area contributed by atoms with Crippen molar-refractivity contribution in [3.05, 3.63) is 24.3 Å². The molecule has 0 aliphatic rings. The number of hydrogen-bond acceptors (Lipinski definition) is 4. The molecule has 2 N–H and O–H groups in total. The number of rotatable bonds is 4. The first kappa shape index (κ1) is 12.4. The zero-order valence-electron chi connectivity index (χ0n) is 9.93. The molecule has 4 heteroatoms. The third kappa shape index (κ3) is 2.66. The van der Waals surface area contributed by atoms with E-state index in [9.17, 15) is 4.79 Å². The number of esters is 1. The number of nitrogens with two attached hydrogens (primary N) is 1. The maximum atomic E-state index is 11.5. The SMILES string of the molecule is CCN(c1ccc(N)cc1)C(C)C(=O)OC. The zero-order valence-corrected chi connectivity index (χ0v) is 9.93. The fourth-order valence-electron chi connectivity index (χ4n) is 1.64. The molecule has 1 unspecified atom stereocenters. The van der Waals surface area contributed by atoms with E-state index in [-0.39, 0.29) is 12.0 Å². The van der Waals surface area contributed by atoms with Crippen LogP contribution >= 0.6 is 0 Å². The molecule has 1 aromatic carbocycles. The van der Waals surface area contributed by atoms with Gasteiger partial charge in [-0.2, -0.15) is 0 Å². The third-order valence-corrected chi connectivity index (χ3v) is 2.58. The van der Waals surface area contributed by atoms with Gasteiger partial charge in [-0.05, 0) is 38.1 Å². The molecule has 0 radical (unpaired) electrons. The Morgan fingerprint density at radius 1 is 1.44 bits per heavy atom. The lowest BCUT2D eigenvalue weighted by molar-refractivity contribution is -0.141. The van der Waals surface area contributed by atoms with Crippen molar-refractivity contribution in [3.63, 3.8) is 0 Å². The van der Waals surface area contributed by atoms with Crippen LogP contribution in [0.15, 0.2) is 24.3 Å². The second-order valence-electron chi connectivity index (χ2n) is 3.58. The largest absolute Gasteiger partial charge is 0.467 e. The quantitative estimate of drug-likeness (QED) is 0.621. The molecule has 1 aromatic rings. The normalized spacial score (nSPS) is 11.9. The predicted molar refractivity (Wildman–Crippen MR) is 65.4 cm³/mol. The molecule has 0 spiro atoms. The summed E-state index contributed by atoms with van der Waals surface area (Å²) in [4.78, 5) is 13.4. The lowest BCUT2D eigenvalue weighted by atomic mass is 10.2. The second-order valence-corrected chi connectivity index (χ2v) is 3.58. The van der Waals surface area contributed by atoms with Crippen molar-refractivity contribution in [2.45, 2.75) is 19.9 Å². The number of ether oxygens (including phenoxy) is 1. The molecule has 0 amide bonds. The van der Waals surface area contributed by atoms with Crippen molar-refractivity contribution in [3.8, 4) is 0 Å². The molecular formula is C12H18N2O2. The van der Waals surface area contributed by atoms with Gasteiger partial charge in [0.05, 0.1) is 7.11 Å². The summed E-state index contributed by atoms with van der Waals surface area (Å²) in [6.07, 6.45) is 0. The Labute approximate surface area is 96.0 Å². The Kier molecular flexibility index (Phi) is 4.17. The average molecular weight is 222 g/mol. The zero-order chi connectivity index (χ0) is 12.1. The molecule has 0 bridgehead atoms. The summed E-state index contributed by atoms with van der Waals surface area (Å²) in [7, 11) is 1.40. The highest BCUT2D eigenvalue weighted by Crippen LogP contribution is 2.18. The number of nitrogen functional groups attached to an aromatic ring is 1. The number of anilines is 2. The Morgan fingerprint density at radius 3 is 2.44 bits per heavy atom. The third-order valence-electron chi connectivity index (χ3n) is 2.58. The fraction of sp³-hybridized carbons (Fsp3) is 0.417. The topological polar surface area (TPSA) is 55.6 Å². The van der Waals surface area contributed by atoms with Gasteiger partial charge in [0.2, 0.25) is 0 Å². The number of carbonyl (C=O) groups excluding carboxylic acids is 1. The van der Waals surface area contributed by atoms with Crippen LogP contribution in [0.2, 0.25) is 0 Å². The van der Waals surface area contributed by atoms with E-state index in [1.165, 1.54) is 7.11 Å². The summed E-state index contributed by atoms with van der Waals surface area (Å²) in [6, 6.07) is 7.15. The van der Waals surface area contributed by atoms with Gasteiger partial charge < -0.3 is 15.4 Å². The van der Waals surface area contributed by atoms with E-state index in [0.29, 0.717) is 5.69 Å². The molecule has 0 aromatic heterocycles. The number of likely N-dealkylation sites (N-methyl/N-ethyl adjacent to an activating group) is 1. The van der Waals surface area contributed by atoms with Crippen LogP contribution in [0.1, 0.15) is 13.8 Å². The summed E-state index contributed by atoms with van der Waals surface area (Å²) in [5.41, 5.74) is 7.30. The first-order valence-corrected chi connectivity index (χ1v) is 5.30. The van der Waals surface area contributed by atoms with Crippen LogP contribution in [-0.4, -0.2) is 25.7 Å². The molecule has 0 aliphatic carbocycles. The number of hydrogen-bond donors (Lipinski definition) is 1. The molecule has 4 nitrogen and oxygen atoms in total. The molecule has 0 saturated heterocycles. The summed E-state index contributed by atoms with van der Waals surface area (Å²) >= 11 is 0. The molecule has 88 valence electrons. The van der Waals surface area contributed by atoms with E-state index < -0.39 is 0 Å². The van der Waals surface area contributed by atoms with Crippen molar-refractivity contribution in [1.82, 2.24) is 0 Å². The van der Waals surface area contributed by atoms with Crippen LogP contribution in [-0.2, 0) is 9.53 Å². The van der Waals surface area contributed by atoms with Gasteiger partial charge in [-0.1, -0.05) is 0 Å². The van der Waals surface area contributed by atoms with Crippen LogP contribution in [0.5, 0.6) is 0 Å². The van der Waals surface area contributed by atoms with Crippen molar-refractivity contribution < 1.29 is 9.53 Å². The Hall–Kier alpha value is -1.71. The smallest absolute Gasteiger partial charge is 0.328 e. The van der Waals surface area contributed by atoms with Crippen molar-refractivity contribution in [1.29, 1.82) is 0 Å². The van der Waals surface area contributed by atoms with Gasteiger partial charge in [0, 0.05) is 17.9 Å². The van der Waals surface area contributed by atoms with Gasteiger partial charge in [-0.3, -0.25) is 0 Å². The number of carbonyl (C=O) groups is 1. The Morgan fingerprint density at radius 2 is 2.00 bits per heavy atom. The molecule has 1 atom stereocenters. The van der Waals surface area contributed by atoms with Gasteiger partial charge in [0.25, 0.3) is 0 Å². The summed E-state index contributed by atoms with van der Waals surface area (Å²) in [6.45, 7) is 4.56. The molecule has 0 aliphatic heterocycles. The van der Waals surface area contributed by atoms with E-state index in [2.05, 4.69) is 0 Å². The van der Waals surface area contributed by atoms with Crippen molar-refractivity contribution >= 4 is 17.3 Å². The van der Waals surface area contributed by atoms with Crippen molar-refractivity contribution in [2.75, 3.05) is 24.3 Å². The molecule has 1 rings (SSSR count). The van der Waals surface area contributed by atoms with Crippen molar-refractivity contribution in [2.24, 2.45) is 0 Å². The average Bonchev–Trinajstić information content (AvgIpc) is 2.31. The number of nitrogens with zero attached hydrogens (tertiary/aromatic N) is 1. The highest BCUT2D eigenvalue weighted by molar-refractivity contribution is 5.79. The van der Waals surface area contributed by atoms with Crippen LogP contribution in [0.25, 0.3) is 0 Å². The second kappa shape index (κ2) is 5.39. The molecular weight excluding hydrogens is 204 g/mol. The molecule has 0 fully saturated rings. The fourth-order valence-corrected chi connectivity index (χ4v) is 1.64. The van der Waals surface area contributed by atoms with E-state index >= 15 is 0 Å². The maximum Gasteiger partial charge on any atom is 0.328 e. The van der Waals surface area contributed by atoms with E-state index in [0.717, 1.165) is 12.2 Å². The van der Waals surface area contributed by atoms with Gasteiger partial charge in [-0.25, -0.2) is 4.79 Å². The first-order chi connectivity index (χ1) is 7.60. The Balaban J connectivity index is 2.89. The standard InChI is InChI=1S/C12H18N2O2/c1-4-14(9(2)12(15)16-3)11-7-5-10(13)6-8-11/h5-9H,4,13H2,1-3H3. The van der Waals surface area contributed by atoms with Gasteiger partial charge in [0.15, 0.2) is 0 Å². The summed E-state index contributed by atoms with van der Waals surface area (Å²) in [5.74, 6) is -0.237. The lowest BCUT2D eigenvalue weighted by Gasteiger charge is -2.28. The molecule has 0 saturated carbocycles. The number of methoxy groups -OCH3 is 1. The maximum absolute atomic E-state index is 11.5. The van der Waals surface area contributed by atoms with Crippen LogP contribution in [0, 0.1) is 0 Å². The highest BCUT2D eigenvalue weighted by atomic mass is 16.5. The molecule has 16 heavy (non-hydrogen) atoms. The summed E-state index contributed by atoms with van der Waals surface area (Å²) < 4.78 is 4.73. The van der Waals surface area contributed by atoms with E-state index in [1.54, 1.807) is 0 Å². The lowest BCUT2D eigenvalue weighted by Crippen LogP contribution is -2.39. The van der Waals surface area contributed by atoms with E-state index in [4.69, 9.17) is 10.5 Å². The minimum Gasteiger partial charge on any atom is -0.467 e. The number of benzene rings is 1. The van der Waals surface area contributed by atoms with Gasteiger partial charge in [0.1, 0.15) is 6.04 Å². The monoisotopic (exact) mass is 222 g/mol. The highest BCUT2D eigenvalue weighted by Gasteiger charge is 2.20. The first-order valence-electron chi connectivity index (χ1n) is 5.30. The van der Waals surface area contributed by atoms with Crippen LogP contribution < -0.4 is 10.6 Å². The van der Waals surface area contributed by atoms with Crippen LogP contribution in [0.3, 0.4) is 0 Å². The minimum atomic E-state index is -0.293. The van der Waals surface area contributed by atoms with E-state index in [1.807, 2.05) is 43.0 Å². The summed E-state index contributed by atoms with van der Waals surface area (Å²) in [5, 5.41) is 0. The van der Waals surface area contributed by atoms with Gasteiger partial charge in [-0.15, -0.1) is 0 Å². The Bertz CT molecular complexity index is 349. The van der Waals surface area contributed by atoms with Crippen LogP contribution in [0.4, 0.5) is 11.4 Å².